The fourth-order valence-corrected chi connectivity index (χ4v) is 3.10. The minimum atomic E-state index is -0.213. The summed E-state index contributed by atoms with van der Waals surface area (Å²) in [4.78, 5) is 0. The van der Waals surface area contributed by atoms with Crippen molar-refractivity contribution >= 4 is 34.8 Å². The molecule has 0 saturated carbocycles. The minimum absolute atomic E-state index is 0.213. The van der Waals surface area contributed by atoms with Gasteiger partial charge in [-0.2, -0.15) is 0 Å². The van der Waals surface area contributed by atoms with E-state index in [2.05, 4.69) is 0 Å². The smallest absolute Gasteiger partial charge is 0.0565 e. The molecule has 0 radical (unpaired) electrons. The van der Waals surface area contributed by atoms with E-state index in [9.17, 15) is 0 Å². The Morgan fingerprint density at radius 3 is 2.35 bits per heavy atom. The van der Waals surface area contributed by atoms with Crippen LogP contribution in [-0.4, -0.2) is 0 Å². The summed E-state index contributed by atoms with van der Waals surface area (Å²) in [7, 11) is 0. The van der Waals surface area contributed by atoms with Gasteiger partial charge in [0.1, 0.15) is 0 Å². The van der Waals surface area contributed by atoms with E-state index in [1.165, 1.54) is 0 Å². The Hall–Kier alpha value is -0.730. The third-order valence-corrected chi connectivity index (χ3v) is 3.79. The van der Waals surface area contributed by atoms with Crippen LogP contribution in [0.2, 0.25) is 15.1 Å². The van der Waals surface area contributed by atoms with E-state index in [0.29, 0.717) is 15.1 Å². The first kappa shape index (κ1) is 11.4. The van der Waals surface area contributed by atoms with Crippen molar-refractivity contribution in [1.82, 2.24) is 0 Å². The topological polar surface area (TPSA) is 26.0 Å². The van der Waals surface area contributed by atoms with E-state index < -0.39 is 0 Å². The number of hydrogen-bond donors (Lipinski definition) is 1. The van der Waals surface area contributed by atoms with Crippen LogP contribution in [0.1, 0.15) is 17.2 Å². The Labute approximate surface area is 114 Å². The molecule has 1 aliphatic rings. The zero-order valence-electron chi connectivity index (χ0n) is 8.68. The van der Waals surface area contributed by atoms with Crippen molar-refractivity contribution in [3.63, 3.8) is 0 Å². The van der Waals surface area contributed by atoms with Crippen LogP contribution in [0.3, 0.4) is 0 Å². The molecule has 86 valence electrons. The third-order valence-electron chi connectivity index (χ3n) is 3.04. The van der Waals surface area contributed by atoms with Crippen LogP contribution in [-0.2, 0) is 0 Å². The number of fused-ring (bicyclic) bond motifs is 3. The molecule has 3 rings (SSSR count). The van der Waals surface area contributed by atoms with Gasteiger partial charge in [0.2, 0.25) is 0 Å². The van der Waals surface area contributed by atoms with Gasteiger partial charge in [-0.15, -0.1) is 0 Å². The van der Waals surface area contributed by atoms with E-state index in [0.717, 1.165) is 22.3 Å². The molecule has 1 aliphatic carbocycles. The van der Waals surface area contributed by atoms with E-state index >= 15 is 0 Å². The van der Waals surface area contributed by atoms with Crippen LogP contribution in [0.5, 0.6) is 0 Å². The first-order valence-corrected chi connectivity index (χ1v) is 6.25. The van der Waals surface area contributed by atoms with Crippen LogP contribution in [0.15, 0.2) is 30.3 Å². The largest absolute Gasteiger partial charge is 0.320 e. The third kappa shape index (κ3) is 1.66. The van der Waals surface area contributed by atoms with Crippen LogP contribution in [0.4, 0.5) is 0 Å². The number of rotatable bonds is 0. The molecule has 0 aliphatic heterocycles. The summed E-state index contributed by atoms with van der Waals surface area (Å²) in [5.74, 6) is 0. The van der Waals surface area contributed by atoms with E-state index in [1.54, 1.807) is 6.07 Å². The standard InChI is InChI=1S/C13H8Cl3N/c14-6-1-2-8-9(3-6)13(17)10-4-7(15)5-11(16)12(8)10/h1-5,13H,17H2/t13-/m0/s1. The Balaban J connectivity index is 2.35. The lowest BCUT2D eigenvalue weighted by Crippen LogP contribution is -2.07. The van der Waals surface area contributed by atoms with Crippen LogP contribution >= 0.6 is 34.8 Å². The van der Waals surface area contributed by atoms with Gasteiger partial charge in [0.15, 0.2) is 0 Å². The minimum Gasteiger partial charge on any atom is -0.320 e. The second-order valence-electron chi connectivity index (χ2n) is 4.06. The molecule has 0 unspecified atom stereocenters. The lowest BCUT2D eigenvalue weighted by atomic mass is 10.1. The van der Waals surface area contributed by atoms with Crippen molar-refractivity contribution in [1.29, 1.82) is 0 Å². The Morgan fingerprint density at radius 1 is 0.882 bits per heavy atom. The molecule has 1 nitrogen and oxygen atoms in total. The zero-order valence-corrected chi connectivity index (χ0v) is 10.9. The van der Waals surface area contributed by atoms with Gasteiger partial charge in [-0.1, -0.05) is 40.9 Å². The van der Waals surface area contributed by atoms with Crippen molar-refractivity contribution < 1.29 is 0 Å². The maximum Gasteiger partial charge on any atom is 0.0565 e. The summed E-state index contributed by atoms with van der Waals surface area (Å²) in [6.07, 6.45) is 0. The number of halogens is 3. The van der Waals surface area contributed by atoms with Gasteiger partial charge in [0.25, 0.3) is 0 Å². The van der Waals surface area contributed by atoms with Crippen LogP contribution < -0.4 is 5.73 Å². The summed E-state index contributed by atoms with van der Waals surface area (Å²) in [6.45, 7) is 0. The summed E-state index contributed by atoms with van der Waals surface area (Å²) < 4.78 is 0. The fraction of sp³-hybridized carbons (Fsp3) is 0.0769. The summed E-state index contributed by atoms with van der Waals surface area (Å²) in [6, 6.07) is 9.05. The van der Waals surface area contributed by atoms with Crippen molar-refractivity contribution in [2.24, 2.45) is 5.73 Å². The van der Waals surface area contributed by atoms with Crippen molar-refractivity contribution in [3.8, 4) is 11.1 Å². The highest BCUT2D eigenvalue weighted by molar-refractivity contribution is 6.37. The van der Waals surface area contributed by atoms with Crippen molar-refractivity contribution in [2.45, 2.75) is 6.04 Å². The van der Waals surface area contributed by atoms with Gasteiger partial charge >= 0.3 is 0 Å². The molecule has 0 heterocycles. The first-order chi connectivity index (χ1) is 8.08. The van der Waals surface area contributed by atoms with Gasteiger partial charge in [0, 0.05) is 15.6 Å². The van der Waals surface area contributed by atoms with E-state index in [4.69, 9.17) is 40.5 Å². The highest BCUT2D eigenvalue weighted by Gasteiger charge is 2.28. The molecule has 0 saturated heterocycles. The van der Waals surface area contributed by atoms with Crippen molar-refractivity contribution in [3.05, 3.63) is 56.5 Å². The Morgan fingerprint density at radius 2 is 1.59 bits per heavy atom. The molecule has 2 aromatic rings. The summed E-state index contributed by atoms with van der Waals surface area (Å²) in [5.41, 5.74) is 10.2. The Kier molecular flexibility index (Phi) is 2.60. The monoisotopic (exact) mass is 283 g/mol. The second kappa shape index (κ2) is 3.89. The lowest BCUT2D eigenvalue weighted by Gasteiger charge is -2.07. The van der Waals surface area contributed by atoms with Gasteiger partial charge in [-0.3, -0.25) is 0 Å². The maximum absolute atomic E-state index is 6.23. The van der Waals surface area contributed by atoms with Crippen LogP contribution in [0, 0.1) is 0 Å². The van der Waals surface area contributed by atoms with Crippen LogP contribution in [0.25, 0.3) is 11.1 Å². The predicted octanol–water partition coefficient (Wildman–Crippen LogP) is 4.68. The second-order valence-corrected chi connectivity index (χ2v) is 5.34. The molecule has 1 atom stereocenters. The summed E-state index contributed by atoms with van der Waals surface area (Å²) in [5, 5.41) is 1.90. The molecule has 2 N–H and O–H groups in total. The average Bonchev–Trinajstić information content (AvgIpc) is 2.53. The highest BCUT2D eigenvalue weighted by atomic mass is 35.5. The van der Waals surface area contributed by atoms with E-state index in [1.807, 2.05) is 24.3 Å². The number of hydrogen-bond acceptors (Lipinski definition) is 1. The normalized spacial score (nSPS) is 16.8. The molecule has 0 spiro atoms. The highest BCUT2D eigenvalue weighted by Crippen LogP contribution is 2.47. The van der Waals surface area contributed by atoms with Crippen molar-refractivity contribution in [2.75, 3.05) is 0 Å². The quantitative estimate of drug-likeness (QED) is 0.747. The molecule has 0 amide bonds. The molecule has 17 heavy (non-hydrogen) atoms. The van der Waals surface area contributed by atoms with Gasteiger partial charge in [0.05, 0.1) is 11.1 Å². The van der Waals surface area contributed by atoms with E-state index in [-0.39, 0.29) is 6.04 Å². The number of nitrogens with two attached hydrogens (primary N) is 1. The molecule has 0 aromatic heterocycles. The lowest BCUT2D eigenvalue weighted by molar-refractivity contribution is 0.901. The molecule has 0 bridgehead atoms. The van der Waals surface area contributed by atoms with Gasteiger partial charge in [-0.05, 0) is 41.0 Å². The zero-order chi connectivity index (χ0) is 12.2. The Bertz CT molecular complexity index is 622. The van der Waals surface area contributed by atoms with Gasteiger partial charge in [-0.25, -0.2) is 0 Å². The molecular formula is C13H8Cl3N. The molecule has 0 fully saturated rings. The fourth-order valence-electron chi connectivity index (χ4n) is 2.31. The predicted molar refractivity (Wildman–Crippen MR) is 72.9 cm³/mol. The average molecular weight is 285 g/mol. The molecule has 4 heteroatoms. The SMILES string of the molecule is N[C@H]1c2cc(Cl)ccc2-c2c(Cl)cc(Cl)cc21. The van der Waals surface area contributed by atoms with Gasteiger partial charge < -0.3 is 5.73 Å². The molecule has 2 aromatic carbocycles. The first-order valence-electron chi connectivity index (χ1n) is 5.12. The number of benzene rings is 2. The summed E-state index contributed by atoms with van der Waals surface area (Å²) >= 11 is 18.2. The maximum atomic E-state index is 6.23. The molecular weight excluding hydrogens is 277 g/mol.